The van der Waals surface area contributed by atoms with Crippen LogP contribution >= 0.6 is 0 Å². The maximum absolute atomic E-state index is 12.8. The lowest BCUT2D eigenvalue weighted by Crippen LogP contribution is -2.46. The summed E-state index contributed by atoms with van der Waals surface area (Å²) in [5.41, 5.74) is 11.2. The molecule has 1 amide bonds. The summed E-state index contributed by atoms with van der Waals surface area (Å²) in [6.07, 6.45) is 2.67. The van der Waals surface area contributed by atoms with Crippen LogP contribution in [-0.4, -0.2) is 25.1 Å². The van der Waals surface area contributed by atoms with Crippen LogP contribution in [0.4, 0.5) is 17.1 Å². The smallest absolute Gasteiger partial charge is 0.227 e. The van der Waals surface area contributed by atoms with Crippen LogP contribution in [-0.2, 0) is 14.8 Å². The molecule has 2 aromatic rings. The van der Waals surface area contributed by atoms with Gasteiger partial charge in [-0.3, -0.25) is 4.79 Å². The molecule has 4 N–H and O–H groups in total. The lowest BCUT2D eigenvalue weighted by Gasteiger charge is -2.31. The van der Waals surface area contributed by atoms with Gasteiger partial charge in [0.1, 0.15) is 0 Å². The van der Waals surface area contributed by atoms with E-state index in [9.17, 15) is 13.2 Å². The van der Waals surface area contributed by atoms with Crippen LogP contribution in [0, 0.1) is 19.8 Å². The molecule has 1 aliphatic carbocycles. The molecular formula is C25H36N4O3S. The minimum absolute atomic E-state index is 0.00558. The molecule has 0 aliphatic heterocycles. The molecule has 8 heteroatoms. The van der Waals surface area contributed by atoms with E-state index in [1.807, 2.05) is 56.3 Å². The number of anilines is 3. The van der Waals surface area contributed by atoms with Gasteiger partial charge < -0.3 is 16.2 Å². The highest BCUT2D eigenvalue weighted by molar-refractivity contribution is 7.90. The van der Waals surface area contributed by atoms with Crippen molar-refractivity contribution in [1.82, 2.24) is 4.72 Å². The topological polar surface area (TPSA) is 99.3 Å². The van der Waals surface area contributed by atoms with Crippen LogP contribution in [0.5, 0.6) is 0 Å². The molecule has 3 rings (SSSR count). The summed E-state index contributed by atoms with van der Waals surface area (Å²) < 4.78 is 26.7. The number of hydrazine groups is 1. The molecule has 1 aliphatic rings. The highest BCUT2D eigenvalue weighted by Gasteiger charge is 2.34. The molecule has 0 saturated heterocycles. The molecule has 0 radical (unpaired) electrons. The van der Waals surface area contributed by atoms with E-state index >= 15 is 0 Å². The Morgan fingerprint density at radius 1 is 0.879 bits per heavy atom. The number of aryl methyl sites for hydroxylation is 2. The van der Waals surface area contributed by atoms with Gasteiger partial charge in [0.05, 0.1) is 16.1 Å². The van der Waals surface area contributed by atoms with E-state index in [0.717, 1.165) is 28.2 Å². The van der Waals surface area contributed by atoms with Gasteiger partial charge in [-0.1, -0.05) is 18.2 Å². The van der Waals surface area contributed by atoms with Crippen LogP contribution in [0.3, 0.4) is 0 Å². The predicted molar refractivity (Wildman–Crippen MR) is 136 cm³/mol. The number of amides is 1. The molecule has 0 spiro atoms. The van der Waals surface area contributed by atoms with Crippen LogP contribution in [0.2, 0.25) is 0 Å². The molecule has 0 atom stereocenters. The van der Waals surface area contributed by atoms with Crippen LogP contribution in [0.25, 0.3) is 0 Å². The first-order chi connectivity index (χ1) is 15.5. The summed E-state index contributed by atoms with van der Waals surface area (Å²) >= 11 is 0. The third kappa shape index (κ3) is 6.48. The van der Waals surface area contributed by atoms with Crippen molar-refractivity contribution < 1.29 is 13.2 Å². The quantitative estimate of drug-likeness (QED) is 0.427. The van der Waals surface area contributed by atoms with Crippen molar-refractivity contribution >= 4 is 33.0 Å². The number of hydrogen-bond acceptors (Lipinski definition) is 5. The molecule has 180 valence electrons. The second kappa shape index (κ2) is 10.1. The van der Waals surface area contributed by atoms with E-state index in [0.29, 0.717) is 25.7 Å². The Hall–Kier alpha value is -2.58. The van der Waals surface area contributed by atoms with E-state index in [4.69, 9.17) is 0 Å². The van der Waals surface area contributed by atoms with Crippen molar-refractivity contribution in [1.29, 1.82) is 0 Å². The Bertz CT molecular complexity index is 1090. The van der Waals surface area contributed by atoms with E-state index in [1.54, 1.807) is 20.8 Å². The fourth-order valence-corrected chi connectivity index (χ4v) is 4.87. The lowest BCUT2D eigenvalue weighted by atomic mass is 9.86. The third-order valence-corrected chi connectivity index (χ3v) is 8.45. The summed E-state index contributed by atoms with van der Waals surface area (Å²) in [6, 6.07) is 13.7. The monoisotopic (exact) mass is 472 g/mol. The third-order valence-electron chi connectivity index (χ3n) is 6.20. The van der Waals surface area contributed by atoms with Gasteiger partial charge in [0.25, 0.3) is 0 Å². The Balaban J connectivity index is 1.52. The normalized spacial score (nSPS) is 19.1. The number of para-hydroxylation sites is 1. The van der Waals surface area contributed by atoms with Crippen molar-refractivity contribution in [2.24, 2.45) is 5.92 Å². The molecule has 33 heavy (non-hydrogen) atoms. The van der Waals surface area contributed by atoms with Gasteiger partial charge in [0, 0.05) is 17.6 Å². The molecule has 2 aromatic carbocycles. The minimum atomic E-state index is -3.38. The average Bonchev–Trinajstić information content (AvgIpc) is 2.74. The highest BCUT2D eigenvalue weighted by atomic mass is 32.2. The zero-order chi connectivity index (χ0) is 24.2. The summed E-state index contributed by atoms with van der Waals surface area (Å²) in [6.45, 7) is 9.08. The van der Waals surface area contributed by atoms with Crippen molar-refractivity contribution in [2.75, 3.05) is 16.2 Å². The second-order valence-corrected chi connectivity index (χ2v) is 12.3. The number of rotatable bonds is 7. The molecule has 1 saturated carbocycles. The van der Waals surface area contributed by atoms with Gasteiger partial charge in [-0.25, -0.2) is 13.1 Å². The number of carbonyl (C=O) groups excluding carboxylic acids is 1. The van der Waals surface area contributed by atoms with Gasteiger partial charge in [-0.2, -0.15) is 0 Å². The fraction of sp³-hybridized carbons (Fsp3) is 0.480. The molecule has 1 fully saturated rings. The molecular weight excluding hydrogens is 436 g/mol. The standard InChI is InChI=1S/C25H36N4O3S/c1-17-8-6-7-9-23(17)28-27-21-14-15-22(18(2)16-21)26-24(30)19-10-12-20(13-11-19)29-33(31,32)25(3,4)5/h6-9,14-16,19-20,27-29H,10-13H2,1-5H3,(H,26,30). The first-order valence-electron chi connectivity index (χ1n) is 11.5. The largest absolute Gasteiger partial charge is 0.326 e. The Labute approximate surface area is 197 Å². The first-order valence-corrected chi connectivity index (χ1v) is 13.0. The van der Waals surface area contributed by atoms with Crippen LogP contribution < -0.4 is 20.9 Å². The lowest BCUT2D eigenvalue weighted by molar-refractivity contribution is -0.120. The van der Waals surface area contributed by atoms with Gasteiger partial charge in [0.2, 0.25) is 15.9 Å². The Kier molecular flexibility index (Phi) is 7.69. The maximum atomic E-state index is 12.8. The molecule has 0 bridgehead atoms. The SMILES string of the molecule is Cc1ccccc1NNc1ccc(NC(=O)C2CCC(NS(=O)(=O)C(C)(C)C)CC2)c(C)c1. The summed E-state index contributed by atoms with van der Waals surface area (Å²) in [4.78, 5) is 12.8. The predicted octanol–water partition coefficient (Wildman–Crippen LogP) is 4.96. The van der Waals surface area contributed by atoms with Gasteiger partial charge >= 0.3 is 0 Å². The summed E-state index contributed by atoms with van der Waals surface area (Å²) in [7, 11) is -3.38. The Morgan fingerprint density at radius 2 is 1.55 bits per heavy atom. The van der Waals surface area contributed by atoms with Crippen molar-refractivity contribution in [3.63, 3.8) is 0 Å². The zero-order valence-corrected chi connectivity index (χ0v) is 21.0. The summed E-state index contributed by atoms with van der Waals surface area (Å²) in [5, 5.41) is 3.05. The van der Waals surface area contributed by atoms with Gasteiger partial charge in [-0.05, 0) is 95.7 Å². The summed E-state index contributed by atoms with van der Waals surface area (Å²) in [5.74, 6) is -0.116. The van der Waals surface area contributed by atoms with Gasteiger partial charge in [0.15, 0.2) is 0 Å². The highest BCUT2D eigenvalue weighted by Crippen LogP contribution is 2.28. The molecule has 0 heterocycles. The number of hydrogen-bond donors (Lipinski definition) is 4. The van der Waals surface area contributed by atoms with E-state index in [1.165, 1.54) is 0 Å². The van der Waals surface area contributed by atoms with Crippen molar-refractivity contribution in [2.45, 2.75) is 71.1 Å². The molecule has 0 unspecified atom stereocenters. The average molecular weight is 473 g/mol. The van der Waals surface area contributed by atoms with E-state index in [-0.39, 0.29) is 17.9 Å². The molecule has 0 aromatic heterocycles. The molecule has 7 nitrogen and oxygen atoms in total. The van der Waals surface area contributed by atoms with E-state index < -0.39 is 14.8 Å². The van der Waals surface area contributed by atoms with Crippen molar-refractivity contribution in [3.8, 4) is 0 Å². The fourth-order valence-electron chi connectivity index (χ4n) is 3.84. The van der Waals surface area contributed by atoms with Crippen LogP contribution in [0.15, 0.2) is 42.5 Å². The zero-order valence-electron chi connectivity index (χ0n) is 20.2. The first kappa shape index (κ1) is 25.1. The number of sulfonamides is 1. The number of benzene rings is 2. The van der Waals surface area contributed by atoms with E-state index in [2.05, 4.69) is 20.9 Å². The number of carbonyl (C=O) groups is 1. The van der Waals surface area contributed by atoms with Crippen molar-refractivity contribution in [3.05, 3.63) is 53.6 Å². The second-order valence-electron chi connectivity index (χ2n) is 9.87. The minimum Gasteiger partial charge on any atom is -0.326 e. The number of nitrogens with one attached hydrogen (secondary N) is 4. The van der Waals surface area contributed by atoms with Gasteiger partial charge in [-0.15, -0.1) is 0 Å². The Morgan fingerprint density at radius 3 is 2.15 bits per heavy atom. The maximum Gasteiger partial charge on any atom is 0.227 e. The van der Waals surface area contributed by atoms with Crippen LogP contribution in [0.1, 0.15) is 57.6 Å².